The molecule has 0 aliphatic carbocycles. The van der Waals surface area contributed by atoms with Crippen LogP contribution in [0, 0.1) is 0 Å². The maximum atomic E-state index is 12.2. The van der Waals surface area contributed by atoms with Gasteiger partial charge in [-0.2, -0.15) is 5.10 Å². The first-order valence-corrected chi connectivity index (χ1v) is 10.3. The zero-order chi connectivity index (χ0) is 20.5. The summed E-state index contributed by atoms with van der Waals surface area (Å²) in [7, 11) is 0. The molecule has 6 heteroatoms. The Labute approximate surface area is 179 Å². The van der Waals surface area contributed by atoms with Crippen molar-refractivity contribution in [3.63, 3.8) is 0 Å². The maximum Gasteiger partial charge on any atom is 0.271 e. The largest absolute Gasteiger partial charge is 0.363 e. The number of hydrogen-bond acceptors (Lipinski definition) is 3. The summed E-state index contributed by atoms with van der Waals surface area (Å²) in [6.45, 7) is 9.53. The number of carbonyl (C=O) groups is 1. The Balaban J connectivity index is 1.85. The maximum absolute atomic E-state index is 12.2. The van der Waals surface area contributed by atoms with Crippen LogP contribution in [-0.4, -0.2) is 24.2 Å². The molecule has 0 aromatic heterocycles. The highest BCUT2D eigenvalue weighted by Gasteiger charge is 2.30. The zero-order valence-corrected chi connectivity index (χ0v) is 18.7. The molecule has 0 bridgehead atoms. The minimum absolute atomic E-state index is 0.0668. The lowest BCUT2D eigenvalue weighted by atomic mass is 9.88. The summed E-state index contributed by atoms with van der Waals surface area (Å²) in [6.07, 6.45) is 3.85. The molecule has 4 nitrogen and oxygen atoms in total. The summed E-state index contributed by atoms with van der Waals surface area (Å²) in [5.41, 5.74) is 7.23. The molecular weight excluding hydrogens is 438 g/mol. The number of amides is 1. The van der Waals surface area contributed by atoms with Gasteiger partial charge in [-0.1, -0.05) is 39.7 Å². The molecule has 146 valence electrons. The van der Waals surface area contributed by atoms with Gasteiger partial charge in [-0.05, 0) is 63.6 Å². The molecule has 3 rings (SSSR count). The average Bonchev–Trinajstić information content (AvgIpc) is 2.62. The van der Waals surface area contributed by atoms with E-state index >= 15 is 0 Å². The highest BCUT2D eigenvalue weighted by atomic mass is 79.9. The number of nitrogens with one attached hydrogen (secondary N) is 1. The van der Waals surface area contributed by atoms with E-state index < -0.39 is 0 Å². The highest BCUT2D eigenvalue weighted by molar-refractivity contribution is 9.10. The molecule has 0 unspecified atom stereocenters. The fourth-order valence-corrected chi connectivity index (χ4v) is 4.25. The molecule has 1 aliphatic rings. The van der Waals surface area contributed by atoms with E-state index in [0.29, 0.717) is 10.6 Å². The third-order valence-corrected chi connectivity index (χ3v) is 5.69. The van der Waals surface area contributed by atoms with Crippen molar-refractivity contribution in [1.29, 1.82) is 0 Å². The number of rotatable bonds is 4. The lowest BCUT2D eigenvalue weighted by Gasteiger charge is -2.43. The minimum Gasteiger partial charge on any atom is -0.363 e. The first-order valence-electron chi connectivity index (χ1n) is 9.13. The summed E-state index contributed by atoms with van der Waals surface area (Å²) < 4.78 is 0.840. The summed E-state index contributed by atoms with van der Waals surface area (Å²) >= 11 is 9.88. The van der Waals surface area contributed by atoms with Gasteiger partial charge in [0.05, 0.1) is 16.8 Å². The van der Waals surface area contributed by atoms with Crippen LogP contribution in [0.15, 0.2) is 52.0 Å². The first-order chi connectivity index (χ1) is 13.2. The molecule has 2 aromatic carbocycles. The van der Waals surface area contributed by atoms with Gasteiger partial charge < -0.3 is 4.90 Å². The van der Waals surface area contributed by atoms with Crippen LogP contribution < -0.4 is 10.3 Å². The molecule has 0 atom stereocenters. The van der Waals surface area contributed by atoms with Crippen LogP contribution in [-0.2, 0) is 0 Å². The number of carbonyl (C=O) groups excluding carboxylic acids is 1. The normalized spacial score (nSPS) is 15.4. The molecule has 1 amide bonds. The number of likely N-dealkylation sites (N-methyl/N-ethyl adjacent to an activating group) is 1. The third kappa shape index (κ3) is 4.15. The number of hydrazone groups is 1. The number of nitrogens with zero attached hydrogens (tertiary/aromatic N) is 2. The summed E-state index contributed by atoms with van der Waals surface area (Å²) in [6, 6.07) is 11.2. The van der Waals surface area contributed by atoms with Gasteiger partial charge in [-0.15, -0.1) is 0 Å². The molecule has 0 saturated carbocycles. The molecule has 2 aromatic rings. The van der Waals surface area contributed by atoms with E-state index in [-0.39, 0.29) is 11.4 Å². The monoisotopic (exact) mass is 459 g/mol. The number of anilines is 1. The van der Waals surface area contributed by atoms with Crippen LogP contribution in [0.4, 0.5) is 5.69 Å². The van der Waals surface area contributed by atoms with Gasteiger partial charge in [-0.25, -0.2) is 5.43 Å². The van der Waals surface area contributed by atoms with Gasteiger partial charge in [0, 0.05) is 33.4 Å². The van der Waals surface area contributed by atoms with Crippen molar-refractivity contribution in [2.24, 2.45) is 5.10 Å². The Kier molecular flexibility index (Phi) is 5.96. The Morgan fingerprint density at radius 2 is 2.07 bits per heavy atom. The van der Waals surface area contributed by atoms with Crippen LogP contribution >= 0.6 is 27.5 Å². The first kappa shape index (κ1) is 20.6. The fourth-order valence-electron chi connectivity index (χ4n) is 3.65. The van der Waals surface area contributed by atoms with E-state index in [4.69, 9.17) is 11.6 Å². The van der Waals surface area contributed by atoms with Crippen molar-refractivity contribution in [3.05, 3.63) is 68.7 Å². The molecule has 0 fully saturated rings. The summed E-state index contributed by atoms with van der Waals surface area (Å²) in [5.74, 6) is -0.276. The van der Waals surface area contributed by atoms with Crippen LogP contribution in [0.2, 0.25) is 5.02 Å². The summed E-state index contributed by atoms with van der Waals surface area (Å²) in [5, 5.41) is 4.69. The van der Waals surface area contributed by atoms with Crippen LogP contribution in [0.3, 0.4) is 0 Å². The topological polar surface area (TPSA) is 44.7 Å². The van der Waals surface area contributed by atoms with Crippen molar-refractivity contribution in [2.45, 2.75) is 33.2 Å². The lowest BCUT2D eigenvalue weighted by Crippen LogP contribution is -2.44. The third-order valence-electron chi connectivity index (χ3n) is 4.87. The predicted molar refractivity (Wildman–Crippen MR) is 121 cm³/mol. The quantitative estimate of drug-likeness (QED) is 0.457. The zero-order valence-electron chi connectivity index (χ0n) is 16.4. The highest BCUT2D eigenvalue weighted by Crippen LogP contribution is 2.40. The van der Waals surface area contributed by atoms with Crippen LogP contribution in [0.25, 0.3) is 5.57 Å². The van der Waals surface area contributed by atoms with Crippen molar-refractivity contribution in [3.8, 4) is 0 Å². The van der Waals surface area contributed by atoms with E-state index in [1.165, 1.54) is 5.57 Å². The molecule has 0 spiro atoms. The van der Waals surface area contributed by atoms with Gasteiger partial charge in [0.2, 0.25) is 0 Å². The van der Waals surface area contributed by atoms with E-state index in [9.17, 15) is 4.79 Å². The number of hydrogen-bond donors (Lipinski definition) is 1. The van der Waals surface area contributed by atoms with Gasteiger partial charge in [0.1, 0.15) is 0 Å². The van der Waals surface area contributed by atoms with Gasteiger partial charge >= 0.3 is 0 Å². The number of benzene rings is 2. The van der Waals surface area contributed by atoms with E-state index in [1.807, 2.05) is 18.2 Å². The van der Waals surface area contributed by atoms with E-state index in [0.717, 1.165) is 27.8 Å². The Hall–Kier alpha value is -2.11. The van der Waals surface area contributed by atoms with Crippen LogP contribution in [0.5, 0.6) is 0 Å². The van der Waals surface area contributed by atoms with E-state index in [2.05, 4.69) is 65.1 Å². The SMILES string of the molecule is CCN1c2cc(Cl)c(/C=N\NC(=O)c3cccc(Br)c3)cc2C(C)=CC1(C)C. The van der Waals surface area contributed by atoms with Crippen molar-refractivity contribution in [1.82, 2.24) is 5.43 Å². The molecule has 0 radical (unpaired) electrons. The second kappa shape index (κ2) is 8.10. The van der Waals surface area contributed by atoms with Crippen molar-refractivity contribution >= 4 is 50.9 Å². The Morgan fingerprint density at radius 3 is 2.75 bits per heavy atom. The van der Waals surface area contributed by atoms with Gasteiger partial charge in [0.15, 0.2) is 0 Å². The van der Waals surface area contributed by atoms with E-state index in [1.54, 1.807) is 24.4 Å². The Morgan fingerprint density at radius 1 is 1.32 bits per heavy atom. The van der Waals surface area contributed by atoms with Crippen LogP contribution in [0.1, 0.15) is 49.2 Å². The van der Waals surface area contributed by atoms with Crippen molar-refractivity contribution < 1.29 is 4.79 Å². The molecule has 1 N–H and O–H groups in total. The fraction of sp³-hybridized carbons (Fsp3) is 0.273. The average molecular weight is 461 g/mol. The smallest absolute Gasteiger partial charge is 0.271 e. The summed E-state index contributed by atoms with van der Waals surface area (Å²) in [4.78, 5) is 14.5. The Bertz CT molecular complexity index is 982. The van der Waals surface area contributed by atoms with Gasteiger partial charge in [0.25, 0.3) is 5.91 Å². The lowest BCUT2D eigenvalue weighted by molar-refractivity contribution is 0.0955. The standard InChI is InChI=1S/C22H23BrClN3O/c1-5-27-20-11-19(24)16(10-18(20)14(2)12-22(27,3)4)13-25-26-21(28)15-7-6-8-17(23)9-15/h6-13H,5H2,1-4H3,(H,26,28)/b25-13-. The second-order valence-corrected chi connectivity index (χ2v) is 8.65. The second-order valence-electron chi connectivity index (χ2n) is 7.33. The molecule has 0 saturated heterocycles. The minimum atomic E-state index is -0.276. The number of allylic oxidation sites excluding steroid dienone is 1. The molecule has 28 heavy (non-hydrogen) atoms. The van der Waals surface area contributed by atoms with Crippen molar-refractivity contribution in [2.75, 3.05) is 11.4 Å². The number of fused-ring (bicyclic) bond motifs is 1. The molecule has 1 heterocycles. The molecule has 1 aliphatic heterocycles. The molecular formula is C22H23BrClN3O. The van der Waals surface area contributed by atoms with Gasteiger partial charge in [-0.3, -0.25) is 4.79 Å². The number of halogens is 2. The predicted octanol–water partition coefficient (Wildman–Crippen LogP) is 5.89.